The van der Waals surface area contributed by atoms with Crippen LogP contribution >= 0.6 is 0 Å². The molecule has 2 aromatic rings. The van der Waals surface area contributed by atoms with Gasteiger partial charge in [-0.2, -0.15) is 13.2 Å². The molecule has 0 aliphatic heterocycles. The highest BCUT2D eigenvalue weighted by molar-refractivity contribution is 5.31. The predicted molar refractivity (Wildman–Crippen MR) is 66.5 cm³/mol. The molecule has 0 aliphatic carbocycles. The minimum Gasteiger partial charge on any atom is -0.388 e. The minimum absolute atomic E-state index is 0.113. The molecule has 112 valence electrons. The summed E-state index contributed by atoms with van der Waals surface area (Å²) in [5.41, 5.74) is -1.37. The van der Waals surface area contributed by atoms with Crippen LogP contribution in [-0.2, 0) is 12.6 Å². The van der Waals surface area contributed by atoms with Gasteiger partial charge in [-0.1, -0.05) is 24.3 Å². The first-order valence-corrected chi connectivity index (χ1v) is 6.07. The monoisotopic (exact) mass is 302 g/mol. The molecular weight excluding hydrogens is 291 g/mol. The van der Waals surface area contributed by atoms with Gasteiger partial charge in [0.15, 0.2) is 0 Å². The van der Waals surface area contributed by atoms with Gasteiger partial charge in [-0.05, 0) is 23.8 Å². The van der Waals surface area contributed by atoms with Crippen molar-refractivity contribution < 1.29 is 27.1 Å². The van der Waals surface area contributed by atoms with Crippen LogP contribution in [0.3, 0.4) is 0 Å². The molecule has 0 aromatic heterocycles. The number of aliphatic hydroxyl groups excluding tert-OH is 1. The normalized spacial score (nSPS) is 13.2. The first-order chi connectivity index (χ1) is 9.79. The second-order valence-electron chi connectivity index (χ2n) is 4.55. The van der Waals surface area contributed by atoms with Crippen LogP contribution in [0, 0.1) is 11.6 Å². The summed E-state index contributed by atoms with van der Waals surface area (Å²) in [6.45, 7) is 0. The first kappa shape index (κ1) is 15.4. The van der Waals surface area contributed by atoms with E-state index in [1.165, 1.54) is 12.1 Å². The lowest BCUT2D eigenvalue weighted by molar-refractivity contribution is -0.140. The number of hydrogen-bond donors (Lipinski definition) is 1. The Kier molecular flexibility index (Phi) is 4.27. The highest BCUT2D eigenvalue weighted by Crippen LogP contribution is 2.34. The summed E-state index contributed by atoms with van der Waals surface area (Å²) in [5, 5.41) is 9.91. The Hall–Kier alpha value is -1.95. The van der Waals surface area contributed by atoms with Crippen molar-refractivity contribution in [3.8, 4) is 0 Å². The first-order valence-electron chi connectivity index (χ1n) is 6.07. The maximum Gasteiger partial charge on any atom is 0.419 e. The molecule has 0 amide bonds. The second kappa shape index (κ2) is 5.81. The Morgan fingerprint density at radius 3 is 2.14 bits per heavy atom. The van der Waals surface area contributed by atoms with Crippen LogP contribution in [0.2, 0.25) is 0 Å². The molecule has 1 N–H and O–H groups in total. The topological polar surface area (TPSA) is 20.2 Å². The van der Waals surface area contributed by atoms with Gasteiger partial charge in [-0.3, -0.25) is 0 Å². The van der Waals surface area contributed by atoms with E-state index in [1.807, 2.05) is 0 Å². The van der Waals surface area contributed by atoms with Gasteiger partial charge >= 0.3 is 6.18 Å². The molecule has 0 bridgehead atoms. The summed E-state index contributed by atoms with van der Waals surface area (Å²) in [7, 11) is 0. The lowest BCUT2D eigenvalue weighted by Crippen LogP contribution is -2.12. The fourth-order valence-corrected chi connectivity index (χ4v) is 1.98. The third-order valence-corrected chi connectivity index (χ3v) is 3.04. The van der Waals surface area contributed by atoms with Crippen molar-refractivity contribution in [3.63, 3.8) is 0 Å². The number of benzene rings is 2. The average Bonchev–Trinajstić information content (AvgIpc) is 2.40. The summed E-state index contributed by atoms with van der Waals surface area (Å²) in [6.07, 6.45) is -6.38. The van der Waals surface area contributed by atoms with Gasteiger partial charge in [0.25, 0.3) is 0 Å². The minimum atomic E-state index is -4.82. The van der Waals surface area contributed by atoms with Gasteiger partial charge in [0.1, 0.15) is 11.6 Å². The summed E-state index contributed by atoms with van der Waals surface area (Å²) in [5.74, 6) is -1.96. The lowest BCUT2D eigenvalue weighted by atomic mass is 9.99. The second-order valence-corrected chi connectivity index (χ2v) is 4.55. The van der Waals surface area contributed by atoms with E-state index in [9.17, 15) is 27.1 Å². The van der Waals surface area contributed by atoms with Gasteiger partial charge < -0.3 is 5.11 Å². The Morgan fingerprint density at radius 2 is 1.57 bits per heavy atom. The smallest absolute Gasteiger partial charge is 0.388 e. The van der Waals surface area contributed by atoms with E-state index in [4.69, 9.17) is 0 Å². The zero-order valence-electron chi connectivity index (χ0n) is 10.7. The molecule has 0 saturated heterocycles. The largest absolute Gasteiger partial charge is 0.419 e. The van der Waals surface area contributed by atoms with Crippen molar-refractivity contribution in [2.45, 2.75) is 18.7 Å². The molecule has 1 nitrogen and oxygen atoms in total. The molecule has 0 heterocycles. The Morgan fingerprint density at radius 1 is 0.952 bits per heavy atom. The van der Waals surface area contributed by atoms with E-state index < -0.39 is 35.0 Å². The van der Waals surface area contributed by atoms with Gasteiger partial charge in [-0.15, -0.1) is 0 Å². The van der Waals surface area contributed by atoms with Crippen LogP contribution in [0.1, 0.15) is 22.8 Å². The number of rotatable bonds is 3. The fourth-order valence-electron chi connectivity index (χ4n) is 1.98. The summed E-state index contributed by atoms with van der Waals surface area (Å²) >= 11 is 0. The number of halogens is 5. The van der Waals surface area contributed by atoms with Crippen molar-refractivity contribution in [2.24, 2.45) is 0 Å². The number of hydrogen-bond acceptors (Lipinski definition) is 1. The third kappa shape index (κ3) is 3.58. The van der Waals surface area contributed by atoms with Gasteiger partial charge in [0, 0.05) is 12.0 Å². The van der Waals surface area contributed by atoms with Crippen LogP contribution in [0.5, 0.6) is 0 Å². The maximum absolute atomic E-state index is 13.8. The van der Waals surface area contributed by atoms with Crippen molar-refractivity contribution >= 4 is 0 Å². The molecule has 1 atom stereocenters. The van der Waals surface area contributed by atoms with Crippen molar-refractivity contribution in [1.82, 2.24) is 0 Å². The highest BCUT2D eigenvalue weighted by Gasteiger charge is 2.35. The zero-order valence-corrected chi connectivity index (χ0v) is 10.7. The van der Waals surface area contributed by atoms with Crippen LogP contribution in [0.4, 0.5) is 22.0 Å². The van der Waals surface area contributed by atoms with Crippen molar-refractivity contribution in [3.05, 3.63) is 70.8 Å². The van der Waals surface area contributed by atoms with Crippen LogP contribution in [0.25, 0.3) is 0 Å². The van der Waals surface area contributed by atoms with E-state index in [0.29, 0.717) is 11.6 Å². The molecule has 2 aromatic carbocycles. The Labute approximate surface area is 117 Å². The van der Waals surface area contributed by atoms with E-state index >= 15 is 0 Å². The van der Waals surface area contributed by atoms with E-state index in [-0.39, 0.29) is 6.42 Å². The fraction of sp³-hybridized carbons (Fsp3) is 0.200. The summed E-state index contributed by atoms with van der Waals surface area (Å²) in [4.78, 5) is 0. The van der Waals surface area contributed by atoms with E-state index in [2.05, 4.69) is 0 Å². The van der Waals surface area contributed by atoms with E-state index in [1.54, 1.807) is 0 Å². The predicted octanol–water partition coefficient (Wildman–Crippen LogP) is 4.26. The van der Waals surface area contributed by atoms with Gasteiger partial charge in [0.2, 0.25) is 0 Å². The van der Waals surface area contributed by atoms with E-state index in [0.717, 1.165) is 24.3 Å². The van der Waals surface area contributed by atoms with Gasteiger partial charge in [-0.25, -0.2) is 8.78 Å². The molecule has 1 unspecified atom stereocenters. The molecular formula is C15H11F5O. The average molecular weight is 302 g/mol. The highest BCUT2D eigenvalue weighted by atomic mass is 19.4. The molecule has 0 saturated carbocycles. The quantitative estimate of drug-likeness (QED) is 0.840. The molecule has 0 spiro atoms. The van der Waals surface area contributed by atoms with Gasteiger partial charge in [0.05, 0.1) is 11.7 Å². The summed E-state index contributed by atoms with van der Waals surface area (Å²) < 4.78 is 64.4. The number of aliphatic hydroxyl groups is 1. The Balaban J connectivity index is 2.27. The standard InChI is InChI=1S/C15H11F5O/c16-10-6-4-9(5-7-10)8-13(21)11-2-1-3-12(14(11)17)15(18,19)20/h1-7,13,21H,8H2. The van der Waals surface area contributed by atoms with Crippen molar-refractivity contribution in [2.75, 3.05) is 0 Å². The number of alkyl halides is 3. The van der Waals surface area contributed by atoms with Crippen molar-refractivity contribution in [1.29, 1.82) is 0 Å². The van der Waals surface area contributed by atoms with Crippen LogP contribution in [-0.4, -0.2) is 5.11 Å². The molecule has 6 heteroatoms. The zero-order chi connectivity index (χ0) is 15.6. The molecule has 21 heavy (non-hydrogen) atoms. The van der Waals surface area contributed by atoms with Crippen LogP contribution < -0.4 is 0 Å². The molecule has 2 rings (SSSR count). The molecule has 0 aliphatic rings. The molecule has 0 fully saturated rings. The third-order valence-electron chi connectivity index (χ3n) is 3.04. The summed E-state index contributed by atoms with van der Waals surface area (Å²) in [6, 6.07) is 7.82. The maximum atomic E-state index is 13.8. The lowest BCUT2D eigenvalue weighted by Gasteiger charge is -2.15. The Bertz CT molecular complexity index is 619. The SMILES string of the molecule is OC(Cc1ccc(F)cc1)c1cccc(C(F)(F)F)c1F. The van der Waals surface area contributed by atoms with Crippen LogP contribution in [0.15, 0.2) is 42.5 Å². The molecule has 0 radical (unpaired) electrons.